The molecule has 11 heavy (non-hydrogen) atoms. The first-order chi connectivity index (χ1) is 5.34. The monoisotopic (exact) mass is 148 g/mol. The average Bonchev–Trinajstić information content (AvgIpc) is 2.52. The molecule has 2 saturated carbocycles. The van der Waals surface area contributed by atoms with E-state index in [2.05, 4.69) is 13.0 Å². The highest BCUT2D eigenvalue weighted by molar-refractivity contribution is 5.32. The van der Waals surface area contributed by atoms with Crippen molar-refractivity contribution in [2.75, 3.05) is 0 Å². The van der Waals surface area contributed by atoms with Gasteiger partial charge in [0.2, 0.25) is 0 Å². The lowest BCUT2D eigenvalue weighted by Crippen LogP contribution is -2.09. The topological polar surface area (TPSA) is 0 Å². The summed E-state index contributed by atoms with van der Waals surface area (Å²) in [5.41, 5.74) is 1.82. The second kappa shape index (κ2) is 1.91. The Morgan fingerprint density at radius 3 is 2.55 bits per heavy atom. The quantitative estimate of drug-likeness (QED) is 0.501. The van der Waals surface area contributed by atoms with Crippen LogP contribution < -0.4 is 0 Å². The molecule has 2 bridgehead atoms. The fraction of sp³-hybridized carbons (Fsp3) is 0.818. The Hall–Kier alpha value is -0.260. The van der Waals surface area contributed by atoms with Gasteiger partial charge in [0.15, 0.2) is 0 Å². The van der Waals surface area contributed by atoms with Crippen LogP contribution in [0.4, 0.5) is 0 Å². The van der Waals surface area contributed by atoms with Crippen molar-refractivity contribution >= 4 is 0 Å². The summed E-state index contributed by atoms with van der Waals surface area (Å²) in [4.78, 5) is 0. The van der Waals surface area contributed by atoms with E-state index in [1.165, 1.54) is 0 Å². The van der Waals surface area contributed by atoms with Crippen LogP contribution in [0.3, 0.4) is 0 Å². The molecule has 0 heteroatoms. The van der Waals surface area contributed by atoms with Crippen LogP contribution in [0.5, 0.6) is 0 Å². The molecule has 0 N–H and O–H groups in total. The smallest absolute Gasteiger partial charge is 0.00456 e. The molecule has 3 aliphatic rings. The predicted octanol–water partition coefficient (Wildman–Crippen LogP) is 3.00. The van der Waals surface area contributed by atoms with Gasteiger partial charge in [0.25, 0.3) is 0 Å². The van der Waals surface area contributed by atoms with Gasteiger partial charge in [0.05, 0.1) is 0 Å². The van der Waals surface area contributed by atoms with E-state index in [0.717, 1.165) is 23.7 Å². The molecule has 4 unspecified atom stereocenters. The molecule has 0 radical (unpaired) electrons. The number of fused-ring (bicyclic) bond motifs is 2. The van der Waals surface area contributed by atoms with E-state index in [0.29, 0.717) is 0 Å². The van der Waals surface area contributed by atoms with Crippen LogP contribution in [0.25, 0.3) is 0 Å². The van der Waals surface area contributed by atoms with Crippen LogP contribution in [0.2, 0.25) is 0 Å². The van der Waals surface area contributed by atoms with Crippen molar-refractivity contribution in [3.8, 4) is 0 Å². The van der Waals surface area contributed by atoms with E-state index < -0.39 is 0 Å². The van der Waals surface area contributed by atoms with Crippen molar-refractivity contribution in [1.82, 2.24) is 0 Å². The Morgan fingerprint density at radius 1 is 1.27 bits per heavy atom. The van der Waals surface area contributed by atoms with Crippen LogP contribution in [0.1, 0.15) is 32.6 Å². The molecule has 60 valence electrons. The Bertz CT molecular complexity index is 214. The van der Waals surface area contributed by atoms with E-state index in [1.54, 1.807) is 25.7 Å². The summed E-state index contributed by atoms with van der Waals surface area (Å²) in [6.07, 6.45) is 8.67. The van der Waals surface area contributed by atoms with Gasteiger partial charge in [-0.2, -0.15) is 0 Å². The van der Waals surface area contributed by atoms with Crippen molar-refractivity contribution in [2.45, 2.75) is 32.6 Å². The molecule has 0 saturated heterocycles. The number of rotatable bonds is 1. The molecule has 3 rings (SSSR count). The zero-order chi connectivity index (χ0) is 7.42. The molecule has 0 amide bonds. The van der Waals surface area contributed by atoms with Crippen molar-refractivity contribution in [3.63, 3.8) is 0 Å². The first kappa shape index (κ1) is 6.28. The van der Waals surface area contributed by atoms with Crippen LogP contribution in [-0.2, 0) is 0 Å². The molecule has 0 spiro atoms. The van der Waals surface area contributed by atoms with Gasteiger partial charge in [-0.25, -0.2) is 0 Å². The third-order valence-corrected chi connectivity index (χ3v) is 4.03. The summed E-state index contributed by atoms with van der Waals surface area (Å²) in [5.74, 6) is 4.16. The minimum Gasteiger partial charge on any atom is -0.0775 e. The standard InChI is InChI=1S/C11H16/c1-7-4-10(7)11-6-8-2-3-9(11)5-8/h4,7-9,11H,2-3,5-6H2,1H3. The van der Waals surface area contributed by atoms with Gasteiger partial charge in [-0.15, -0.1) is 0 Å². The fourth-order valence-corrected chi connectivity index (χ4v) is 3.35. The number of hydrogen-bond acceptors (Lipinski definition) is 0. The first-order valence-electron chi connectivity index (χ1n) is 5.06. The van der Waals surface area contributed by atoms with Crippen LogP contribution in [0, 0.1) is 23.7 Å². The summed E-state index contributed by atoms with van der Waals surface area (Å²) in [6, 6.07) is 0. The Balaban J connectivity index is 1.77. The van der Waals surface area contributed by atoms with Crippen LogP contribution >= 0.6 is 0 Å². The van der Waals surface area contributed by atoms with Crippen molar-refractivity contribution in [1.29, 1.82) is 0 Å². The minimum absolute atomic E-state index is 0.888. The second-order valence-electron chi connectivity index (χ2n) is 4.74. The normalized spacial score (nSPS) is 53.0. The minimum atomic E-state index is 0.888. The molecule has 4 atom stereocenters. The largest absolute Gasteiger partial charge is 0.0775 e. The summed E-state index contributed by atoms with van der Waals surface area (Å²) in [7, 11) is 0. The molecule has 0 nitrogen and oxygen atoms in total. The molecule has 0 aromatic carbocycles. The summed E-state index contributed by atoms with van der Waals surface area (Å²) >= 11 is 0. The predicted molar refractivity (Wildman–Crippen MR) is 46.2 cm³/mol. The maximum atomic E-state index is 2.48. The third-order valence-electron chi connectivity index (χ3n) is 4.03. The molecule has 3 aliphatic carbocycles. The third kappa shape index (κ3) is 0.816. The highest BCUT2D eigenvalue weighted by Crippen LogP contribution is 2.55. The van der Waals surface area contributed by atoms with Gasteiger partial charge in [-0.3, -0.25) is 0 Å². The zero-order valence-corrected chi connectivity index (χ0v) is 7.22. The SMILES string of the molecule is CC1C=C1C1CC2CCC1C2. The van der Waals surface area contributed by atoms with E-state index in [-0.39, 0.29) is 0 Å². The van der Waals surface area contributed by atoms with E-state index >= 15 is 0 Å². The molecular formula is C11H16. The van der Waals surface area contributed by atoms with Gasteiger partial charge in [0, 0.05) is 0 Å². The van der Waals surface area contributed by atoms with Gasteiger partial charge in [0.1, 0.15) is 0 Å². The Kier molecular flexibility index (Phi) is 1.09. The molecule has 0 aromatic heterocycles. The highest BCUT2D eigenvalue weighted by Gasteiger charge is 2.44. The molecular weight excluding hydrogens is 132 g/mol. The van der Waals surface area contributed by atoms with Crippen LogP contribution in [0.15, 0.2) is 11.6 Å². The van der Waals surface area contributed by atoms with Crippen molar-refractivity contribution < 1.29 is 0 Å². The molecule has 2 fully saturated rings. The van der Waals surface area contributed by atoms with Crippen LogP contribution in [-0.4, -0.2) is 0 Å². The lowest BCUT2D eigenvalue weighted by atomic mass is 9.86. The van der Waals surface area contributed by atoms with E-state index in [4.69, 9.17) is 0 Å². The lowest BCUT2D eigenvalue weighted by Gasteiger charge is -2.19. The highest BCUT2D eigenvalue weighted by atomic mass is 14.5. The van der Waals surface area contributed by atoms with E-state index in [1.807, 2.05) is 5.57 Å². The van der Waals surface area contributed by atoms with Crippen molar-refractivity contribution in [2.24, 2.45) is 23.7 Å². The maximum Gasteiger partial charge on any atom is -0.00456 e. The summed E-state index contributed by atoms with van der Waals surface area (Å²) in [6.45, 7) is 2.35. The first-order valence-corrected chi connectivity index (χ1v) is 5.06. The van der Waals surface area contributed by atoms with Gasteiger partial charge >= 0.3 is 0 Å². The second-order valence-corrected chi connectivity index (χ2v) is 4.74. The number of hydrogen-bond donors (Lipinski definition) is 0. The van der Waals surface area contributed by atoms with Gasteiger partial charge in [-0.1, -0.05) is 25.0 Å². The Morgan fingerprint density at radius 2 is 2.09 bits per heavy atom. The molecule has 0 heterocycles. The van der Waals surface area contributed by atoms with Gasteiger partial charge in [-0.05, 0) is 42.9 Å². The maximum absolute atomic E-state index is 2.48. The summed E-state index contributed by atoms with van der Waals surface area (Å²) in [5, 5.41) is 0. The molecule has 0 aliphatic heterocycles. The fourth-order valence-electron chi connectivity index (χ4n) is 3.35. The lowest BCUT2D eigenvalue weighted by molar-refractivity contribution is 0.379. The molecule has 0 aromatic rings. The zero-order valence-electron chi connectivity index (χ0n) is 7.22. The van der Waals surface area contributed by atoms with E-state index in [9.17, 15) is 0 Å². The Labute approximate surface area is 68.7 Å². The average molecular weight is 148 g/mol. The van der Waals surface area contributed by atoms with Gasteiger partial charge < -0.3 is 0 Å². The van der Waals surface area contributed by atoms with Crippen molar-refractivity contribution in [3.05, 3.63) is 11.6 Å². The number of allylic oxidation sites excluding steroid dienone is 2. The summed E-state index contributed by atoms with van der Waals surface area (Å²) < 4.78 is 0.